The van der Waals surface area contributed by atoms with Crippen molar-refractivity contribution >= 4 is 11.6 Å². The molecule has 106 valence electrons. The predicted molar refractivity (Wildman–Crippen MR) is 73.4 cm³/mol. The van der Waals surface area contributed by atoms with E-state index < -0.39 is 11.6 Å². The second-order valence-corrected chi connectivity index (χ2v) is 4.72. The average Bonchev–Trinajstić information content (AvgIpc) is 2.91. The average molecular weight is 308 g/mol. The Balaban J connectivity index is 2.01. The minimum Gasteiger partial charge on any atom is -0.506 e. The van der Waals surface area contributed by atoms with Gasteiger partial charge in [-0.05, 0) is 24.3 Å². The Morgan fingerprint density at radius 1 is 1.10 bits per heavy atom. The molecule has 0 amide bonds. The molecule has 0 bridgehead atoms. The van der Waals surface area contributed by atoms with Gasteiger partial charge in [0.25, 0.3) is 0 Å². The van der Waals surface area contributed by atoms with Gasteiger partial charge in [0.2, 0.25) is 0 Å². The van der Waals surface area contributed by atoms with Crippen LogP contribution in [0.5, 0.6) is 5.75 Å². The summed E-state index contributed by atoms with van der Waals surface area (Å²) in [5.74, 6) is -1.48. The molecule has 2 aromatic carbocycles. The van der Waals surface area contributed by atoms with Gasteiger partial charge in [-0.25, -0.2) is 13.5 Å². The van der Waals surface area contributed by atoms with E-state index in [9.17, 15) is 13.9 Å². The van der Waals surface area contributed by atoms with Crippen LogP contribution in [0.25, 0.3) is 16.9 Å². The number of hydrogen-bond donors (Lipinski definition) is 1. The predicted octanol–water partition coefficient (Wildman–Crippen LogP) is 3.57. The van der Waals surface area contributed by atoms with Gasteiger partial charge in [-0.3, -0.25) is 0 Å². The molecule has 0 atom stereocenters. The maximum Gasteiger partial charge on any atom is 0.136 e. The summed E-state index contributed by atoms with van der Waals surface area (Å²) in [5.41, 5.74) is 0.904. The summed E-state index contributed by atoms with van der Waals surface area (Å²) in [6.45, 7) is 0. The van der Waals surface area contributed by atoms with Gasteiger partial charge in [0.05, 0.1) is 16.9 Å². The Kier molecular flexibility index (Phi) is 3.31. The molecule has 3 aromatic rings. The van der Waals surface area contributed by atoms with Crippen molar-refractivity contribution in [1.29, 1.82) is 0 Å². The topological polar surface area (TPSA) is 50.9 Å². The summed E-state index contributed by atoms with van der Waals surface area (Å²) >= 11 is 5.72. The summed E-state index contributed by atoms with van der Waals surface area (Å²) < 4.78 is 27.9. The van der Waals surface area contributed by atoms with Crippen LogP contribution < -0.4 is 0 Å². The fourth-order valence-electron chi connectivity index (χ4n) is 1.85. The third-order valence-electron chi connectivity index (χ3n) is 2.89. The number of hydrogen-bond acceptors (Lipinski definition) is 3. The van der Waals surface area contributed by atoms with Crippen molar-refractivity contribution < 1.29 is 13.9 Å². The third kappa shape index (κ3) is 2.57. The molecule has 0 aliphatic carbocycles. The SMILES string of the molecule is Oc1cc(-n2cc(-c3ccc(F)cc3F)nn2)ccc1Cl. The number of halogens is 3. The maximum absolute atomic E-state index is 13.7. The lowest BCUT2D eigenvalue weighted by Gasteiger charge is -2.02. The van der Waals surface area contributed by atoms with Crippen molar-refractivity contribution in [2.75, 3.05) is 0 Å². The highest BCUT2D eigenvalue weighted by molar-refractivity contribution is 6.32. The van der Waals surface area contributed by atoms with Crippen LogP contribution in [0.1, 0.15) is 0 Å². The van der Waals surface area contributed by atoms with Crippen molar-refractivity contribution in [2.45, 2.75) is 0 Å². The fraction of sp³-hybridized carbons (Fsp3) is 0. The zero-order valence-electron chi connectivity index (χ0n) is 10.5. The van der Waals surface area contributed by atoms with E-state index in [1.54, 1.807) is 6.07 Å². The van der Waals surface area contributed by atoms with Crippen LogP contribution in [0.15, 0.2) is 42.6 Å². The monoisotopic (exact) mass is 307 g/mol. The zero-order chi connectivity index (χ0) is 15.0. The minimum absolute atomic E-state index is 0.0980. The second kappa shape index (κ2) is 5.14. The molecule has 4 nitrogen and oxygen atoms in total. The molecular formula is C14H8ClF2N3O. The van der Waals surface area contributed by atoms with Gasteiger partial charge in [-0.15, -0.1) is 5.10 Å². The first-order chi connectivity index (χ1) is 10.0. The molecule has 0 radical (unpaired) electrons. The standard InChI is InChI=1S/C14H8ClF2N3O/c15-11-4-2-9(6-14(11)21)20-7-13(18-19-20)10-3-1-8(16)5-12(10)17/h1-7,21H. The number of phenolic OH excluding ortho intramolecular Hbond substituents is 1. The first-order valence-electron chi connectivity index (χ1n) is 5.91. The van der Waals surface area contributed by atoms with Gasteiger partial charge in [0, 0.05) is 17.7 Å². The molecule has 0 fully saturated rings. The molecule has 3 rings (SSSR count). The number of benzene rings is 2. The largest absolute Gasteiger partial charge is 0.506 e. The number of phenols is 1. The van der Waals surface area contributed by atoms with Crippen LogP contribution >= 0.6 is 11.6 Å². The summed E-state index contributed by atoms with van der Waals surface area (Å²) in [5, 5.41) is 17.5. The van der Waals surface area contributed by atoms with E-state index in [-0.39, 0.29) is 22.0 Å². The molecule has 0 saturated carbocycles. The number of aromatic nitrogens is 3. The van der Waals surface area contributed by atoms with E-state index in [1.807, 2.05) is 0 Å². The third-order valence-corrected chi connectivity index (χ3v) is 3.21. The van der Waals surface area contributed by atoms with Crippen LogP contribution in [-0.2, 0) is 0 Å². The Morgan fingerprint density at radius 2 is 1.90 bits per heavy atom. The molecule has 0 saturated heterocycles. The van der Waals surface area contributed by atoms with E-state index in [0.717, 1.165) is 12.1 Å². The summed E-state index contributed by atoms with van der Waals surface area (Å²) in [6.07, 6.45) is 1.47. The van der Waals surface area contributed by atoms with Crippen LogP contribution in [0.4, 0.5) is 8.78 Å². The van der Waals surface area contributed by atoms with Gasteiger partial charge in [-0.1, -0.05) is 16.8 Å². The van der Waals surface area contributed by atoms with Gasteiger partial charge in [-0.2, -0.15) is 0 Å². The molecule has 1 heterocycles. The Bertz CT molecular complexity index is 820. The minimum atomic E-state index is -0.721. The summed E-state index contributed by atoms with van der Waals surface area (Å²) in [4.78, 5) is 0. The lowest BCUT2D eigenvalue weighted by atomic mass is 10.1. The molecule has 0 aliphatic rings. The van der Waals surface area contributed by atoms with E-state index in [2.05, 4.69) is 10.3 Å². The lowest BCUT2D eigenvalue weighted by molar-refractivity contribution is 0.475. The van der Waals surface area contributed by atoms with Crippen molar-refractivity contribution in [2.24, 2.45) is 0 Å². The highest BCUT2D eigenvalue weighted by Gasteiger charge is 2.11. The van der Waals surface area contributed by atoms with Crippen LogP contribution in [0.3, 0.4) is 0 Å². The zero-order valence-corrected chi connectivity index (χ0v) is 11.2. The molecule has 1 aromatic heterocycles. The van der Waals surface area contributed by atoms with E-state index >= 15 is 0 Å². The van der Waals surface area contributed by atoms with E-state index in [4.69, 9.17) is 11.6 Å². The lowest BCUT2D eigenvalue weighted by Crippen LogP contribution is -1.94. The van der Waals surface area contributed by atoms with Gasteiger partial charge >= 0.3 is 0 Å². The Hall–Kier alpha value is -2.47. The van der Waals surface area contributed by atoms with E-state index in [0.29, 0.717) is 5.69 Å². The van der Waals surface area contributed by atoms with Crippen molar-refractivity contribution in [1.82, 2.24) is 15.0 Å². The Morgan fingerprint density at radius 3 is 2.62 bits per heavy atom. The van der Waals surface area contributed by atoms with Crippen molar-refractivity contribution in [3.63, 3.8) is 0 Å². The molecular weight excluding hydrogens is 300 g/mol. The number of aromatic hydroxyl groups is 1. The van der Waals surface area contributed by atoms with Crippen LogP contribution in [-0.4, -0.2) is 20.1 Å². The maximum atomic E-state index is 13.7. The first kappa shape index (κ1) is 13.5. The van der Waals surface area contributed by atoms with Gasteiger partial charge < -0.3 is 5.11 Å². The molecule has 0 spiro atoms. The summed E-state index contributed by atoms with van der Waals surface area (Å²) in [6, 6.07) is 7.75. The van der Waals surface area contributed by atoms with Crippen LogP contribution in [0.2, 0.25) is 5.02 Å². The molecule has 1 N–H and O–H groups in total. The Labute approximate surface area is 123 Å². The molecule has 0 unspecified atom stereocenters. The first-order valence-corrected chi connectivity index (χ1v) is 6.29. The summed E-state index contributed by atoms with van der Waals surface area (Å²) in [7, 11) is 0. The molecule has 7 heteroatoms. The number of nitrogens with zero attached hydrogens (tertiary/aromatic N) is 3. The highest BCUT2D eigenvalue weighted by atomic mass is 35.5. The molecule has 21 heavy (non-hydrogen) atoms. The fourth-order valence-corrected chi connectivity index (χ4v) is 1.97. The van der Waals surface area contributed by atoms with Crippen LogP contribution in [0, 0.1) is 11.6 Å². The normalized spacial score (nSPS) is 10.8. The molecule has 0 aliphatic heterocycles. The second-order valence-electron chi connectivity index (χ2n) is 4.31. The van der Waals surface area contributed by atoms with Gasteiger partial charge in [0.1, 0.15) is 23.1 Å². The van der Waals surface area contributed by atoms with Gasteiger partial charge in [0.15, 0.2) is 0 Å². The smallest absolute Gasteiger partial charge is 0.136 e. The highest BCUT2D eigenvalue weighted by Crippen LogP contribution is 2.26. The number of rotatable bonds is 2. The van der Waals surface area contributed by atoms with Crippen molar-refractivity contribution in [3.05, 3.63) is 59.3 Å². The quantitative estimate of drug-likeness (QED) is 0.787. The van der Waals surface area contributed by atoms with Crippen molar-refractivity contribution in [3.8, 4) is 22.7 Å². The van der Waals surface area contributed by atoms with E-state index in [1.165, 1.54) is 29.1 Å².